The van der Waals surface area contributed by atoms with Crippen LogP contribution in [0, 0.1) is 5.92 Å². The van der Waals surface area contributed by atoms with Crippen molar-refractivity contribution in [3.8, 4) is 0 Å². The molecular formula is C18H25NO4. The number of carbonyl (C=O) groups is 1. The molecule has 2 heterocycles. The first-order chi connectivity index (χ1) is 11.2. The normalized spacial score (nSPS) is 22.7. The number of ether oxygens (including phenoxy) is 3. The molecule has 5 nitrogen and oxygen atoms in total. The summed E-state index contributed by atoms with van der Waals surface area (Å²) in [4.78, 5) is 13.8. The standard InChI is InChI=1S/C18H25NO4/c1-14(22-12-16-7-9-21-10-8-16)17-11-19(17)18(20)23-13-15-5-3-2-4-6-15/h2-6,14,16-17H,7-13H2,1H3/t14-,17?,19?/m1/s1. The van der Waals surface area contributed by atoms with Gasteiger partial charge in [0.25, 0.3) is 0 Å². The number of carbonyl (C=O) groups excluding carboxylic acids is 1. The predicted octanol–water partition coefficient (Wildman–Crippen LogP) is 2.84. The Labute approximate surface area is 137 Å². The first kappa shape index (κ1) is 16.3. The molecule has 2 saturated heterocycles. The number of nitrogens with zero attached hydrogens (tertiary/aromatic N) is 1. The van der Waals surface area contributed by atoms with E-state index in [1.807, 2.05) is 37.3 Å². The van der Waals surface area contributed by atoms with E-state index in [-0.39, 0.29) is 18.2 Å². The van der Waals surface area contributed by atoms with Crippen LogP contribution in [-0.4, -0.2) is 49.5 Å². The van der Waals surface area contributed by atoms with E-state index in [1.54, 1.807) is 4.90 Å². The smallest absolute Gasteiger partial charge is 0.410 e. The van der Waals surface area contributed by atoms with Crippen molar-refractivity contribution in [3.05, 3.63) is 35.9 Å². The molecule has 0 N–H and O–H groups in total. The van der Waals surface area contributed by atoms with Crippen LogP contribution in [0.25, 0.3) is 0 Å². The minimum absolute atomic E-state index is 0.0575. The lowest BCUT2D eigenvalue weighted by Gasteiger charge is -2.23. The summed E-state index contributed by atoms with van der Waals surface area (Å²) in [7, 11) is 0. The van der Waals surface area contributed by atoms with E-state index in [0.717, 1.165) is 44.8 Å². The van der Waals surface area contributed by atoms with Crippen LogP contribution in [0.1, 0.15) is 25.3 Å². The summed E-state index contributed by atoms with van der Waals surface area (Å²) in [6, 6.07) is 9.88. The molecule has 1 amide bonds. The van der Waals surface area contributed by atoms with Crippen LogP contribution >= 0.6 is 0 Å². The van der Waals surface area contributed by atoms with Crippen molar-refractivity contribution in [2.24, 2.45) is 5.92 Å². The average molecular weight is 319 g/mol. The lowest BCUT2D eigenvalue weighted by atomic mass is 10.0. The van der Waals surface area contributed by atoms with Gasteiger partial charge in [-0.15, -0.1) is 0 Å². The molecule has 0 bridgehead atoms. The van der Waals surface area contributed by atoms with Gasteiger partial charge in [-0.25, -0.2) is 4.79 Å². The van der Waals surface area contributed by atoms with E-state index in [9.17, 15) is 4.79 Å². The van der Waals surface area contributed by atoms with Crippen LogP contribution in [0.15, 0.2) is 30.3 Å². The summed E-state index contributed by atoms with van der Waals surface area (Å²) in [5.41, 5.74) is 1.00. The fraction of sp³-hybridized carbons (Fsp3) is 0.611. The predicted molar refractivity (Wildman–Crippen MR) is 86.1 cm³/mol. The summed E-state index contributed by atoms with van der Waals surface area (Å²) >= 11 is 0. The van der Waals surface area contributed by atoms with Crippen molar-refractivity contribution in [3.63, 3.8) is 0 Å². The fourth-order valence-electron chi connectivity index (χ4n) is 2.88. The van der Waals surface area contributed by atoms with Gasteiger partial charge in [0.15, 0.2) is 0 Å². The van der Waals surface area contributed by atoms with Gasteiger partial charge in [-0.1, -0.05) is 30.3 Å². The molecule has 2 aliphatic heterocycles. The largest absolute Gasteiger partial charge is 0.445 e. The van der Waals surface area contributed by atoms with Crippen molar-refractivity contribution >= 4 is 6.09 Å². The third-order valence-corrected chi connectivity index (χ3v) is 4.57. The molecule has 0 saturated carbocycles. The summed E-state index contributed by atoms with van der Waals surface area (Å²) in [5, 5.41) is 0. The quantitative estimate of drug-likeness (QED) is 0.757. The Kier molecular flexibility index (Phi) is 5.51. The number of rotatable bonds is 6. The minimum atomic E-state index is -0.250. The number of hydrogen-bond acceptors (Lipinski definition) is 4. The number of hydrogen-bond donors (Lipinski definition) is 0. The van der Waals surface area contributed by atoms with E-state index in [2.05, 4.69) is 0 Å². The zero-order chi connectivity index (χ0) is 16.1. The lowest BCUT2D eigenvalue weighted by Crippen LogP contribution is -2.27. The van der Waals surface area contributed by atoms with Crippen LogP contribution in [-0.2, 0) is 20.8 Å². The fourth-order valence-corrected chi connectivity index (χ4v) is 2.88. The van der Waals surface area contributed by atoms with Crippen LogP contribution in [0.4, 0.5) is 4.79 Å². The zero-order valence-electron chi connectivity index (χ0n) is 13.6. The lowest BCUT2D eigenvalue weighted by molar-refractivity contribution is -0.00866. The Morgan fingerprint density at radius 1 is 1.30 bits per heavy atom. The number of benzene rings is 1. The summed E-state index contributed by atoms with van der Waals surface area (Å²) in [6.07, 6.45) is 1.95. The minimum Gasteiger partial charge on any atom is -0.445 e. The molecule has 2 fully saturated rings. The molecule has 0 radical (unpaired) electrons. The molecular weight excluding hydrogens is 294 g/mol. The second-order valence-electron chi connectivity index (χ2n) is 6.35. The van der Waals surface area contributed by atoms with Gasteiger partial charge >= 0.3 is 6.09 Å². The highest BCUT2D eigenvalue weighted by molar-refractivity contribution is 5.71. The van der Waals surface area contributed by atoms with Gasteiger partial charge in [0, 0.05) is 19.8 Å². The second kappa shape index (κ2) is 7.79. The Hall–Kier alpha value is -1.59. The zero-order valence-corrected chi connectivity index (χ0v) is 13.6. The van der Waals surface area contributed by atoms with Gasteiger partial charge in [-0.05, 0) is 31.2 Å². The molecule has 5 heteroatoms. The molecule has 0 aliphatic carbocycles. The first-order valence-corrected chi connectivity index (χ1v) is 8.40. The molecule has 0 spiro atoms. The topological polar surface area (TPSA) is 47.8 Å². The first-order valence-electron chi connectivity index (χ1n) is 8.40. The van der Waals surface area contributed by atoms with Gasteiger partial charge in [0.05, 0.1) is 18.8 Å². The maximum atomic E-state index is 12.0. The maximum absolute atomic E-state index is 12.0. The maximum Gasteiger partial charge on any atom is 0.410 e. The van der Waals surface area contributed by atoms with Gasteiger partial charge in [0.1, 0.15) is 6.61 Å². The van der Waals surface area contributed by atoms with E-state index in [0.29, 0.717) is 12.5 Å². The van der Waals surface area contributed by atoms with Gasteiger partial charge < -0.3 is 14.2 Å². The highest BCUT2D eigenvalue weighted by atomic mass is 16.6. The van der Waals surface area contributed by atoms with E-state index in [1.165, 1.54) is 0 Å². The average Bonchev–Trinajstić information content (AvgIpc) is 3.40. The van der Waals surface area contributed by atoms with Crippen molar-refractivity contribution in [1.82, 2.24) is 4.90 Å². The summed E-state index contributed by atoms with van der Waals surface area (Å²) < 4.78 is 16.6. The summed E-state index contributed by atoms with van der Waals surface area (Å²) in [5.74, 6) is 0.587. The van der Waals surface area contributed by atoms with Crippen LogP contribution in [0.3, 0.4) is 0 Å². The Morgan fingerprint density at radius 2 is 2.04 bits per heavy atom. The van der Waals surface area contributed by atoms with Crippen molar-refractivity contribution in [2.45, 2.75) is 38.5 Å². The highest BCUT2D eigenvalue weighted by Gasteiger charge is 2.44. The third kappa shape index (κ3) is 4.69. The molecule has 23 heavy (non-hydrogen) atoms. The Bertz CT molecular complexity index is 501. The monoisotopic (exact) mass is 319 g/mol. The van der Waals surface area contributed by atoms with Crippen LogP contribution in [0.2, 0.25) is 0 Å². The molecule has 0 aromatic heterocycles. The highest BCUT2D eigenvalue weighted by Crippen LogP contribution is 2.25. The third-order valence-electron chi connectivity index (χ3n) is 4.57. The van der Waals surface area contributed by atoms with Crippen LogP contribution < -0.4 is 0 Å². The van der Waals surface area contributed by atoms with E-state index >= 15 is 0 Å². The second-order valence-corrected chi connectivity index (χ2v) is 6.35. The molecule has 3 rings (SSSR count). The molecule has 1 aromatic rings. The van der Waals surface area contributed by atoms with Gasteiger partial charge in [0.2, 0.25) is 0 Å². The Balaban J connectivity index is 1.35. The Morgan fingerprint density at radius 3 is 2.78 bits per heavy atom. The molecule has 2 aliphatic rings. The van der Waals surface area contributed by atoms with E-state index in [4.69, 9.17) is 14.2 Å². The number of amides is 1. The van der Waals surface area contributed by atoms with Crippen molar-refractivity contribution in [2.75, 3.05) is 26.4 Å². The van der Waals surface area contributed by atoms with Gasteiger partial charge in [-0.2, -0.15) is 0 Å². The molecule has 2 atom stereocenters. The summed E-state index contributed by atoms with van der Waals surface area (Å²) in [6.45, 7) is 5.51. The molecule has 1 aromatic carbocycles. The SMILES string of the molecule is C[C@@H](OCC1CCOCC1)C1CN1C(=O)OCc1ccccc1. The molecule has 126 valence electrons. The molecule has 1 unspecified atom stereocenters. The van der Waals surface area contributed by atoms with Crippen LogP contribution in [0.5, 0.6) is 0 Å². The van der Waals surface area contributed by atoms with Crippen molar-refractivity contribution < 1.29 is 19.0 Å². The van der Waals surface area contributed by atoms with E-state index < -0.39 is 0 Å². The van der Waals surface area contributed by atoms with Crippen molar-refractivity contribution in [1.29, 1.82) is 0 Å². The van der Waals surface area contributed by atoms with Gasteiger partial charge in [-0.3, -0.25) is 4.90 Å².